The number of anilines is 2. The van der Waals surface area contributed by atoms with Gasteiger partial charge in [0.1, 0.15) is 4.32 Å². The van der Waals surface area contributed by atoms with E-state index in [0.29, 0.717) is 9.23 Å². The summed E-state index contributed by atoms with van der Waals surface area (Å²) < 4.78 is 0.486. The molecule has 3 aromatic rings. The summed E-state index contributed by atoms with van der Waals surface area (Å²) in [5, 5.41) is 0. The van der Waals surface area contributed by atoms with Gasteiger partial charge in [0, 0.05) is 22.8 Å². The van der Waals surface area contributed by atoms with Crippen molar-refractivity contribution < 1.29 is 9.59 Å². The zero-order valence-electron chi connectivity index (χ0n) is 16.9. The highest BCUT2D eigenvalue weighted by Gasteiger charge is 2.34. The Bertz CT molecular complexity index is 1210. The van der Waals surface area contributed by atoms with Crippen LogP contribution in [0.3, 0.4) is 0 Å². The quantitative estimate of drug-likeness (QED) is 0.337. The van der Waals surface area contributed by atoms with E-state index in [9.17, 15) is 9.59 Å². The predicted molar refractivity (Wildman–Crippen MR) is 135 cm³/mol. The molecule has 2 aliphatic rings. The fourth-order valence-electron chi connectivity index (χ4n) is 3.69. The molecule has 7 heteroatoms. The number of para-hydroxylation sites is 2. The number of hydrogen-bond donors (Lipinski definition) is 0. The molecule has 1 saturated heterocycles. The molecule has 4 nitrogen and oxygen atoms in total. The second-order valence-corrected chi connectivity index (χ2v) is 10.0. The number of thioether (sulfide) groups is 1. The summed E-state index contributed by atoms with van der Waals surface area (Å²) in [5.41, 5.74) is 2.69. The molecular formula is C25H18N2O2S3. The van der Waals surface area contributed by atoms with Crippen molar-refractivity contribution in [2.75, 3.05) is 11.4 Å². The van der Waals surface area contributed by atoms with Gasteiger partial charge in [-0.1, -0.05) is 90.3 Å². The first-order valence-corrected chi connectivity index (χ1v) is 12.2. The topological polar surface area (TPSA) is 40.6 Å². The Kier molecular flexibility index (Phi) is 5.87. The number of carbonyl (C=O) groups excluding carboxylic acids is 2. The fourth-order valence-corrected chi connectivity index (χ4v) is 6.05. The lowest BCUT2D eigenvalue weighted by atomic mass is 10.2. The zero-order valence-corrected chi connectivity index (χ0v) is 19.4. The molecule has 0 aliphatic carbocycles. The number of carbonyl (C=O) groups is 2. The molecule has 3 aromatic carbocycles. The average molecular weight is 475 g/mol. The molecule has 2 amide bonds. The van der Waals surface area contributed by atoms with Gasteiger partial charge in [-0.05, 0) is 35.9 Å². The highest BCUT2D eigenvalue weighted by molar-refractivity contribution is 8.26. The molecule has 0 radical (unpaired) electrons. The molecule has 0 aromatic heterocycles. The Balaban J connectivity index is 1.35. The van der Waals surface area contributed by atoms with Crippen molar-refractivity contribution in [1.82, 2.24) is 4.90 Å². The minimum Gasteiger partial charge on any atom is -0.292 e. The molecule has 0 unspecified atom stereocenters. The fraction of sp³-hybridized carbons (Fsp3) is 0.0800. The van der Waals surface area contributed by atoms with E-state index in [2.05, 4.69) is 0 Å². The summed E-state index contributed by atoms with van der Waals surface area (Å²) in [7, 11) is 0. The molecule has 0 atom stereocenters. The molecule has 0 N–H and O–H groups in total. The molecule has 2 heterocycles. The lowest BCUT2D eigenvalue weighted by Crippen LogP contribution is -2.35. The third-order valence-corrected chi connectivity index (χ3v) is 7.71. The van der Waals surface area contributed by atoms with E-state index in [4.69, 9.17) is 12.2 Å². The van der Waals surface area contributed by atoms with Crippen molar-refractivity contribution in [3.63, 3.8) is 0 Å². The SMILES string of the molecule is O=C1/C(=C\c2ccccc2)SC(=S)N1CCC(=O)N1c2ccccc2Sc2ccccc21. The van der Waals surface area contributed by atoms with Gasteiger partial charge >= 0.3 is 0 Å². The van der Waals surface area contributed by atoms with Crippen LogP contribution in [0.15, 0.2) is 93.6 Å². The highest BCUT2D eigenvalue weighted by atomic mass is 32.2. The summed E-state index contributed by atoms with van der Waals surface area (Å²) in [4.78, 5) is 32.3. The van der Waals surface area contributed by atoms with E-state index in [-0.39, 0.29) is 24.8 Å². The molecule has 5 rings (SSSR count). The van der Waals surface area contributed by atoms with Gasteiger partial charge in [-0.2, -0.15) is 0 Å². The minimum atomic E-state index is -0.147. The van der Waals surface area contributed by atoms with Crippen LogP contribution in [0, 0.1) is 0 Å². The average Bonchev–Trinajstić information content (AvgIpc) is 3.08. The lowest BCUT2D eigenvalue weighted by molar-refractivity contribution is -0.123. The minimum absolute atomic E-state index is 0.0636. The van der Waals surface area contributed by atoms with Crippen LogP contribution in [0.4, 0.5) is 11.4 Å². The number of amides is 2. The van der Waals surface area contributed by atoms with Gasteiger partial charge in [-0.15, -0.1) is 0 Å². The Labute approximate surface area is 200 Å². The maximum Gasteiger partial charge on any atom is 0.266 e. The third kappa shape index (κ3) is 3.99. The van der Waals surface area contributed by atoms with Crippen molar-refractivity contribution in [1.29, 1.82) is 0 Å². The van der Waals surface area contributed by atoms with Gasteiger partial charge in [0.25, 0.3) is 5.91 Å². The summed E-state index contributed by atoms with van der Waals surface area (Å²) in [6.07, 6.45) is 2.02. The molecule has 0 saturated carbocycles. The maximum atomic E-state index is 13.4. The van der Waals surface area contributed by atoms with E-state index in [1.54, 1.807) is 16.7 Å². The monoisotopic (exact) mass is 474 g/mol. The van der Waals surface area contributed by atoms with Crippen LogP contribution >= 0.6 is 35.7 Å². The number of hydrogen-bond acceptors (Lipinski definition) is 5. The van der Waals surface area contributed by atoms with Crippen molar-refractivity contribution in [2.24, 2.45) is 0 Å². The number of thiocarbonyl (C=S) groups is 1. The van der Waals surface area contributed by atoms with E-state index < -0.39 is 0 Å². The van der Waals surface area contributed by atoms with Gasteiger partial charge in [-0.3, -0.25) is 19.4 Å². The maximum absolute atomic E-state index is 13.4. The second kappa shape index (κ2) is 8.94. The van der Waals surface area contributed by atoms with Crippen LogP contribution in [-0.2, 0) is 9.59 Å². The first-order chi connectivity index (χ1) is 15.6. The standard InChI is InChI=1S/C25H18N2O2S3/c28-23(27-18-10-4-6-12-20(18)31-21-13-7-5-11-19(21)27)14-15-26-24(29)22(32-25(26)30)16-17-8-2-1-3-9-17/h1-13,16H,14-15H2/b22-16+. The first-order valence-electron chi connectivity index (χ1n) is 10.1. The number of benzene rings is 3. The summed E-state index contributed by atoms with van der Waals surface area (Å²) >= 11 is 8.39. The van der Waals surface area contributed by atoms with Crippen LogP contribution in [0.5, 0.6) is 0 Å². The van der Waals surface area contributed by atoms with Gasteiger partial charge in [0.2, 0.25) is 5.91 Å². The first kappa shape index (κ1) is 21.0. The van der Waals surface area contributed by atoms with Crippen LogP contribution in [0.1, 0.15) is 12.0 Å². The van der Waals surface area contributed by atoms with E-state index in [1.807, 2.05) is 84.9 Å². The Morgan fingerprint density at radius 3 is 2.09 bits per heavy atom. The molecule has 2 aliphatic heterocycles. The van der Waals surface area contributed by atoms with E-state index in [0.717, 1.165) is 26.7 Å². The molecule has 0 bridgehead atoms. The van der Waals surface area contributed by atoms with Crippen molar-refractivity contribution >= 4 is 69.3 Å². The second-order valence-electron chi connectivity index (χ2n) is 7.26. The van der Waals surface area contributed by atoms with Crippen LogP contribution < -0.4 is 4.90 Å². The van der Waals surface area contributed by atoms with E-state index >= 15 is 0 Å². The van der Waals surface area contributed by atoms with Gasteiger partial charge in [0.05, 0.1) is 16.3 Å². The Morgan fingerprint density at radius 1 is 0.844 bits per heavy atom. The summed E-state index contributed by atoms with van der Waals surface area (Å²) in [6, 6.07) is 25.4. The molecular weight excluding hydrogens is 456 g/mol. The molecule has 0 spiro atoms. The highest BCUT2D eigenvalue weighted by Crippen LogP contribution is 2.48. The van der Waals surface area contributed by atoms with Crippen LogP contribution in [0.2, 0.25) is 0 Å². The van der Waals surface area contributed by atoms with Crippen molar-refractivity contribution in [2.45, 2.75) is 16.2 Å². The summed E-state index contributed by atoms with van der Waals surface area (Å²) in [5.74, 6) is -0.210. The largest absolute Gasteiger partial charge is 0.292 e. The van der Waals surface area contributed by atoms with E-state index in [1.165, 1.54) is 16.7 Å². The van der Waals surface area contributed by atoms with Crippen LogP contribution in [0.25, 0.3) is 6.08 Å². The summed E-state index contributed by atoms with van der Waals surface area (Å²) in [6.45, 7) is 0.254. The smallest absolute Gasteiger partial charge is 0.266 e. The zero-order chi connectivity index (χ0) is 22.1. The third-order valence-electron chi connectivity index (χ3n) is 5.20. The Hall–Kier alpha value is -2.87. The number of rotatable bonds is 4. The van der Waals surface area contributed by atoms with Gasteiger partial charge in [-0.25, -0.2) is 0 Å². The van der Waals surface area contributed by atoms with Gasteiger partial charge in [0.15, 0.2) is 0 Å². The van der Waals surface area contributed by atoms with Gasteiger partial charge < -0.3 is 0 Å². The number of nitrogens with zero attached hydrogens (tertiary/aromatic N) is 2. The molecule has 32 heavy (non-hydrogen) atoms. The van der Waals surface area contributed by atoms with Crippen molar-refractivity contribution in [3.8, 4) is 0 Å². The predicted octanol–water partition coefficient (Wildman–Crippen LogP) is 6.11. The Morgan fingerprint density at radius 2 is 1.44 bits per heavy atom. The number of fused-ring (bicyclic) bond motifs is 2. The van der Waals surface area contributed by atoms with Crippen LogP contribution in [-0.4, -0.2) is 27.6 Å². The normalized spacial score (nSPS) is 16.3. The lowest BCUT2D eigenvalue weighted by Gasteiger charge is -2.31. The van der Waals surface area contributed by atoms with Crippen molar-refractivity contribution in [3.05, 3.63) is 89.3 Å². The molecule has 158 valence electrons. The molecule has 1 fully saturated rings.